The van der Waals surface area contributed by atoms with E-state index in [0.717, 1.165) is 11.3 Å². The van der Waals surface area contributed by atoms with Gasteiger partial charge in [0.05, 0.1) is 11.2 Å². The van der Waals surface area contributed by atoms with Crippen molar-refractivity contribution >= 4 is 16.6 Å². The highest BCUT2D eigenvalue weighted by Crippen LogP contribution is 2.28. The van der Waals surface area contributed by atoms with Gasteiger partial charge in [-0.05, 0) is 25.0 Å². The molecule has 3 aromatic rings. The maximum absolute atomic E-state index is 6.14. The number of benzene rings is 1. The van der Waals surface area contributed by atoms with Crippen LogP contribution in [0.25, 0.3) is 16.6 Å². The molecule has 1 aromatic carbocycles. The topological polar surface area (TPSA) is 35.4 Å². The van der Waals surface area contributed by atoms with Crippen molar-refractivity contribution in [1.82, 2.24) is 9.08 Å². The molecule has 88 valence electrons. The first-order valence-electron chi connectivity index (χ1n) is 5.97. The zero-order valence-electron chi connectivity index (χ0n) is 10.4. The number of rotatable bonds is 1. The van der Waals surface area contributed by atoms with Crippen molar-refractivity contribution in [2.24, 2.45) is 0 Å². The van der Waals surface area contributed by atoms with Crippen molar-refractivity contribution < 1.29 is 0 Å². The van der Waals surface area contributed by atoms with Crippen LogP contribution in [0.4, 0.5) is 0 Å². The average Bonchev–Trinajstić information content (AvgIpc) is 2.77. The Morgan fingerprint density at radius 2 is 1.88 bits per heavy atom. The van der Waals surface area contributed by atoms with E-state index in [1.165, 1.54) is 16.6 Å². The Kier molecular flexibility index (Phi) is 1.99. The molecule has 2 aromatic heterocycles. The second-order valence-corrected chi connectivity index (χ2v) is 4.89. The number of fused-ring (bicyclic) bond motifs is 3. The Morgan fingerprint density at radius 1 is 1.18 bits per heavy atom. The number of nitrogen functional groups attached to an aromatic ring is 1. The van der Waals surface area contributed by atoms with Crippen LogP contribution in [0, 0.1) is 6.92 Å². The number of imidazole rings is 1. The van der Waals surface area contributed by atoms with Crippen molar-refractivity contribution in [2.45, 2.75) is 26.7 Å². The lowest BCUT2D eigenvalue weighted by Crippen LogP contribution is -2.09. The van der Waals surface area contributed by atoms with Gasteiger partial charge in [0.2, 0.25) is 0 Å². The molecule has 3 nitrogen and oxygen atoms in total. The molecule has 3 rings (SSSR count). The van der Waals surface area contributed by atoms with Crippen LogP contribution >= 0.6 is 0 Å². The van der Waals surface area contributed by atoms with Gasteiger partial charge in [-0.3, -0.25) is 4.40 Å². The molecule has 0 aliphatic rings. The summed E-state index contributed by atoms with van der Waals surface area (Å²) in [5, 5.41) is 1.24. The lowest BCUT2D eigenvalue weighted by atomic mass is 10.1. The molecule has 0 bridgehead atoms. The van der Waals surface area contributed by atoms with Crippen molar-refractivity contribution in [1.29, 1.82) is 0 Å². The molecule has 0 amide bonds. The third kappa shape index (κ3) is 1.22. The fourth-order valence-corrected chi connectivity index (χ4v) is 2.70. The highest BCUT2D eigenvalue weighted by molar-refractivity contribution is 5.87. The average molecular weight is 227 g/mol. The monoisotopic (exact) mass is 227 g/mol. The van der Waals surface area contributed by atoms with Crippen molar-refractivity contribution in [3.63, 3.8) is 0 Å². The first kappa shape index (κ1) is 10.3. The number of aromatic nitrogens is 2. The third-order valence-corrected chi connectivity index (χ3v) is 3.46. The molecule has 0 atom stereocenters. The second-order valence-electron chi connectivity index (χ2n) is 4.89. The van der Waals surface area contributed by atoms with Crippen LogP contribution < -0.4 is 5.84 Å². The van der Waals surface area contributed by atoms with Gasteiger partial charge < -0.3 is 5.84 Å². The Morgan fingerprint density at radius 3 is 2.59 bits per heavy atom. The minimum absolute atomic E-state index is 0.457. The molecule has 2 heterocycles. The molecule has 3 heteroatoms. The van der Waals surface area contributed by atoms with Gasteiger partial charge in [-0.1, -0.05) is 32.0 Å². The summed E-state index contributed by atoms with van der Waals surface area (Å²) in [6, 6.07) is 10.6. The highest BCUT2D eigenvalue weighted by Gasteiger charge is 2.17. The van der Waals surface area contributed by atoms with E-state index in [-0.39, 0.29) is 0 Å². The molecular weight excluding hydrogens is 210 g/mol. The summed E-state index contributed by atoms with van der Waals surface area (Å²) in [7, 11) is 0. The smallest absolute Gasteiger partial charge is 0.137 e. The van der Waals surface area contributed by atoms with Gasteiger partial charge in [0, 0.05) is 11.1 Å². The van der Waals surface area contributed by atoms with Gasteiger partial charge >= 0.3 is 0 Å². The van der Waals surface area contributed by atoms with Crippen LogP contribution in [-0.4, -0.2) is 9.08 Å². The largest absolute Gasteiger partial charge is 0.337 e. The van der Waals surface area contributed by atoms with Gasteiger partial charge in [0.1, 0.15) is 5.65 Å². The fourth-order valence-electron chi connectivity index (χ4n) is 2.70. The molecular formula is C14H17N3. The van der Waals surface area contributed by atoms with Gasteiger partial charge in [-0.25, -0.2) is 4.68 Å². The van der Waals surface area contributed by atoms with Gasteiger partial charge in [0.15, 0.2) is 0 Å². The van der Waals surface area contributed by atoms with Crippen LogP contribution in [0.2, 0.25) is 0 Å². The molecule has 0 saturated heterocycles. The summed E-state index contributed by atoms with van der Waals surface area (Å²) < 4.78 is 4.06. The van der Waals surface area contributed by atoms with Crippen LogP contribution in [0.15, 0.2) is 30.3 Å². The highest BCUT2D eigenvalue weighted by atomic mass is 15.3. The Labute approximate surface area is 100 Å². The van der Waals surface area contributed by atoms with E-state index in [9.17, 15) is 0 Å². The Balaban J connectivity index is 2.57. The van der Waals surface area contributed by atoms with E-state index < -0.39 is 0 Å². The molecule has 0 aliphatic heterocycles. The standard InChI is InChI=1S/C14H17N3/c1-9(2)14-10(3)17(15)13-8-11-6-4-5-7-12(11)16(13)14/h4-9H,15H2,1-3H3. The number of nitrogens with two attached hydrogens (primary N) is 1. The van der Waals surface area contributed by atoms with Crippen molar-refractivity contribution in [2.75, 3.05) is 5.84 Å². The molecule has 0 saturated carbocycles. The lowest BCUT2D eigenvalue weighted by Gasteiger charge is -2.06. The summed E-state index contributed by atoms with van der Waals surface area (Å²) >= 11 is 0. The molecule has 0 fully saturated rings. The summed E-state index contributed by atoms with van der Waals surface area (Å²) in [6.45, 7) is 6.49. The van der Waals surface area contributed by atoms with Crippen molar-refractivity contribution in [3.05, 3.63) is 41.7 Å². The van der Waals surface area contributed by atoms with Gasteiger partial charge in [-0.2, -0.15) is 0 Å². The maximum atomic E-state index is 6.14. The third-order valence-electron chi connectivity index (χ3n) is 3.46. The minimum Gasteiger partial charge on any atom is -0.337 e. The quantitative estimate of drug-likeness (QED) is 0.637. The molecule has 0 unspecified atom stereocenters. The number of hydrogen-bond donors (Lipinski definition) is 1. The Bertz CT molecular complexity index is 701. The van der Waals surface area contributed by atoms with E-state index in [4.69, 9.17) is 5.84 Å². The first-order valence-corrected chi connectivity index (χ1v) is 5.97. The number of nitrogens with zero attached hydrogens (tertiary/aromatic N) is 2. The first-order chi connectivity index (χ1) is 8.11. The predicted molar refractivity (Wildman–Crippen MR) is 71.9 cm³/mol. The van der Waals surface area contributed by atoms with Gasteiger partial charge in [0.25, 0.3) is 0 Å². The number of hydrogen-bond acceptors (Lipinski definition) is 1. The van der Waals surface area contributed by atoms with Crippen LogP contribution in [0.3, 0.4) is 0 Å². The Hall–Kier alpha value is -1.90. The van der Waals surface area contributed by atoms with E-state index >= 15 is 0 Å². The van der Waals surface area contributed by atoms with Crippen LogP contribution in [0.1, 0.15) is 31.2 Å². The molecule has 17 heavy (non-hydrogen) atoms. The van der Waals surface area contributed by atoms with Crippen LogP contribution in [-0.2, 0) is 0 Å². The van der Waals surface area contributed by atoms with E-state index in [1.807, 2.05) is 0 Å². The predicted octanol–water partition coefficient (Wildman–Crippen LogP) is 3.04. The normalized spacial score (nSPS) is 12.0. The zero-order valence-corrected chi connectivity index (χ0v) is 10.4. The molecule has 0 aliphatic carbocycles. The number of para-hydroxylation sites is 1. The SMILES string of the molecule is Cc1c(C(C)C)n2c3ccccc3cc2n1N. The summed E-state index contributed by atoms with van der Waals surface area (Å²) in [6.07, 6.45) is 0. The van der Waals surface area contributed by atoms with E-state index in [0.29, 0.717) is 5.92 Å². The molecule has 0 spiro atoms. The second kappa shape index (κ2) is 3.29. The summed E-state index contributed by atoms with van der Waals surface area (Å²) in [5.74, 6) is 6.59. The summed E-state index contributed by atoms with van der Waals surface area (Å²) in [5.41, 5.74) is 4.73. The lowest BCUT2D eigenvalue weighted by molar-refractivity contribution is 0.802. The van der Waals surface area contributed by atoms with E-state index in [1.54, 1.807) is 4.68 Å². The molecule has 2 N–H and O–H groups in total. The molecule has 0 radical (unpaired) electrons. The van der Waals surface area contributed by atoms with Crippen LogP contribution in [0.5, 0.6) is 0 Å². The minimum atomic E-state index is 0.457. The summed E-state index contributed by atoms with van der Waals surface area (Å²) in [4.78, 5) is 0. The van der Waals surface area contributed by atoms with Crippen molar-refractivity contribution in [3.8, 4) is 0 Å². The van der Waals surface area contributed by atoms with E-state index in [2.05, 4.69) is 55.5 Å². The maximum Gasteiger partial charge on any atom is 0.137 e. The fraction of sp³-hybridized carbons (Fsp3) is 0.286. The zero-order chi connectivity index (χ0) is 12.2. The van der Waals surface area contributed by atoms with Gasteiger partial charge in [-0.15, -0.1) is 0 Å².